The van der Waals surface area contributed by atoms with Gasteiger partial charge in [-0.2, -0.15) is 13.2 Å². The van der Waals surface area contributed by atoms with Crippen LogP contribution < -0.4 is 10.6 Å². The summed E-state index contributed by atoms with van der Waals surface area (Å²) in [6.45, 7) is 1.80. The molecule has 0 saturated carbocycles. The van der Waals surface area contributed by atoms with Gasteiger partial charge in [0.1, 0.15) is 0 Å². The van der Waals surface area contributed by atoms with Crippen LogP contribution in [-0.2, 0) is 9.59 Å². The first-order chi connectivity index (χ1) is 11.8. The number of alkyl halides is 3. The summed E-state index contributed by atoms with van der Waals surface area (Å²) in [6, 6.07) is 14.0. The minimum Gasteiger partial charge on any atom is -0.341 e. The molecule has 0 aliphatic heterocycles. The number of rotatable bonds is 5. The Labute approximate surface area is 143 Å². The second-order valence-corrected chi connectivity index (χ2v) is 5.50. The third kappa shape index (κ3) is 5.34. The van der Waals surface area contributed by atoms with Crippen molar-refractivity contribution in [3.8, 4) is 0 Å². The third-order valence-corrected chi connectivity index (χ3v) is 3.57. The maximum Gasteiger partial charge on any atom is 0.471 e. The molecule has 4 nitrogen and oxygen atoms in total. The van der Waals surface area contributed by atoms with Crippen LogP contribution in [0.15, 0.2) is 54.6 Å². The number of hydrogen-bond donors (Lipinski definition) is 2. The molecular formula is C18H17F3N2O2. The van der Waals surface area contributed by atoms with E-state index < -0.39 is 24.0 Å². The van der Waals surface area contributed by atoms with E-state index >= 15 is 0 Å². The van der Waals surface area contributed by atoms with Crippen molar-refractivity contribution in [3.05, 3.63) is 65.7 Å². The molecule has 0 fully saturated rings. The van der Waals surface area contributed by atoms with Gasteiger partial charge in [-0.25, -0.2) is 0 Å². The standard InChI is InChI=1S/C18H17F3N2O2/c1-12-7-5-6-10-14(12)22-16(24)11-15(13-8-3-2-4-9-13)23-17(25)18(19,20)21/h2-10,15H,11H2,1H3,(H,22,24)(H,23,25)/t15-/m1/s1. The normalized spacial score (nSPS) is 12.3. The van der Waals surface area contributed by atoms with Crippen molar-refractivity contribution in [1.29, 1.82) is 0 Å². The number of halogens is 3. The van der Waals surface area contributed by atoms with E-state index in [1.807, 2.05) is 5.32 Å². The molecule has 0 spiro atoms. The van der Waals surface area contributed by atoms with Gasteiger partial charge >= 0.3 is 12.1 Å². The summed E-state index contributed by atoms with van der Waals surface area (Å²) in [7, 11) is 0. The molecule has 0 unspecified atom stereocenters. The summed E-state index contributed by atoms with van der Waals surface area (Å²) in [5.41, 5.74) is 1.81. The molecule has 0 bridgehead atoms. The van der Waals surface area contributed by atoms with Crippen LogP contribution in [0.25, 0.3) is 0 Å². The smallest absolute Gasteiger partial charge is 0.341 e. The number of benzene rings is 2. The summed E-state index contributed by atoms with van der Waals surface area (Å²) < 4.78 is 37.6. The summed E-state index contributed by atoms with van der Waals surface area (Å²) in [5.74, 6) is -2.57. The molecule has 2 N–H and O–H groups in total. The van der Waals surface area contributed by atoms with E-state index in [1.165, 1.54) is 0 Å². The number of amides is 2. The van der Waals surface area contributed by atoms with E-state index in [4.69, 9.17) is 0 Å². The van der Waals surface area contributed by atoms with Gasteiger partial charge in [-0.15, -0.1) is 0 Å². The number of carbonyl (C=O) groups is 2. The van der Waals surface area contributed by atoms with Crippen LogP contribution in [0.1, 0.15) is 23.6 Å². The predicted molar refractivity (Wildman–Crippen MR) is 87.8 cm³/mol. The molecule has 132 valence electrons. The second-order valence-electron chi connectivity index (χ2n) is 5.50. The van der Waals surface area contributed by atoms with E-state index in [1.54, 1.807) is 61.5 Å². The quantitative estimate of drug-likeness (QED) is 0.863. The molecule has 1 atom stereocenters. The maximum atomic E-state index is 12.5. The SMILES string of the molecule is Cc1ccccc1NC(=O)C[C@@H](NC(=O)C(F)(F)F)c1ccccc1. The molecule has 2 rings (SSSR count). The zero-order valence-corrected chi connectivity index (χ0v) is 13.4. The molecule has 0 aromatic heterocycles. The molecule has 7 heteroatoms. The Morgan fingerprint density at radius 1 is 1.00 bits per heavy atom. The predicted octanol–water partition coefficient (Wildman–Crippen LogP) is 3.74. The lowest BCUT2D eigenvalue weighted by atomic mass is 10.0. The molecule has 0 heterocycles. The van der Waals surface area contributed by atoms with Crippen molar-refractivity contribution in [2.24, 2.45) is 0 Å². The number of anilines is 1. The Hall–Kier alpha value is -2.83. The fraction of sp³-hybridized carbons (Fsp3) is 0.222. The third-order valence-electron chi connectivity index (χ3n) is 3.57. The molecule has 2 amide bonds. The van der Waals surface area contributed by atoms with Crippen molar-refractivity contribution in [1.82, 2.24) is 5.32 Å². The highest BCUT2D eigenvalue weighted by molar-refractivity contribution is 5.92. The second kappa shape index (κ2) is 7.83. The van der Waals surface area contributed by atoms with Gasteiger partial charge in [-0.3, -0.25) is 9.59 Å². The van der Waals surface area contributed by atoms with Crippen LogP contribution in [0.3, 0.4) is 0 Å². The van der Waals surface area contributed by atoms with Gasteiger partial charge in [-0.05, 0) is 24.1 Å². The van der Waals surface area contributed by atoms with Crippen molar-refractivity contribution in [2.45, 2.75) is 25.6 Å². The monoisotopic (exact) mass is 350 g/mol. The van der Waals surface area contributed by atoms with Crippen LogP contribution in [0.4, 0.5) is 18.9 Å². The number of aryl methyl sites for hydroxylation is 1. The van der Waals surface area contributed by atoms with Crippen LogP contribution in [0, 0.1) is 6.92 Å². The molecule has 2 aromatic rings. The van der Waals surface area contributed by atoms with Gasteiger partial charge in [0.25, 0.3) is 0 Å². The number of hydrogen-bond acceptors (Lipinski definition) is 2. The molecule has 25 heavy (non-hydrogen) atoms. The maximum absolute atomic E-state index is 12.5. The number of carbonyl (C=O) groups excluding carboxylic acids is 2. The van der Waals surface area contributed by atoms with Crippen LogP contribution in [-0.4, -0.2) is 18.0 Å². The van der Waals surface area contributed by atoms with Crippen molar-refractivity contribution in [3.63, 3.8) is 0 Å². The van der Waals surface area contributed by atoms with Gasteiger partial charge in [0.2, 0.25) is 5.91 Å². The Bertz CT molecular complexity index is 745. The van der Waals surface area contributed by atoms with Crippen molar-refractivity contribution >= 4 is 17.5 Å². The van der Waals surface area contributed by atoms with Gasteiger partial charge in [0.15, 0.2) is 0 Å². The minimum absolute atomic E-state index is 0.319. The number of nitrogens with one attached hydrogen (secondary N) is 2. The first kappa shape index (κ1) is 18.5. The Kier molecular flexibility index (Phi) is 5.80. The fourth-order valence-corrected chi connectivity index (χ4v) is 2.28. The summed E-state index contributed by atoms with van der Waals surface area (Å²) in [5, 5.41) is 4.53. The summed E-state index contributed by atoms with van der Waals surface area (Å²) in [4.78, 5) is 23.5. The van der Waals surface area contributed by atoms with Crippen LogP contribution in [0.5, 0.6) is 0 Å². The molecular weight excluding hydrogens is 333 g/mol. The Balaban J connectivity index is 2.14. The first-order valence-electron chi connectivity index (χ1n) is 7.55. The lowest BCUT2D eigenvalue weighted by Gasteiger charge is -2.20. The van der Waals surface area contributed by atoms with E-state index in [0.717, 1.165) is 5.56 Å². The first-order valence-corrected chi connectivity index (χ1v) is 7.55. The van der Waals surface area contributed by atoms with Crippen molar-refractivity contribution in [2.75, 3.05) is 5.32 Å². The lowest BCUT2D eigenvalue weighted by Crippen LogP contribution is -2.40. The summed E-state index contributed by atoms with van der Waals surface area (Å²) >= 11 is 0. The van der Waals surface area contributed by atoms with Gasteiger partial charge in [0.05, 0.1) is 12.5 Å². The topological polar surface area (TPSA) is 58.2 Å². The summed E-state index contributed by atoms with van der Waals surface area (Å²) in [6.07, 6.45) is -5.33. The highest BCUT2D eigenvalue weighted by Gasteiger charge is 2.40. The largest absolute Gasteiger partial charge is 0.471 e. The Morgan fingerprint density at radius 2 is 1.60 bits per heavy atom. The Morgan fingerprint density at radius 3 is 2.20 bits per heavy atom. The van der Waals surface area contributed by atoms with Crippen LogP contribution >= 0.6 is 0 Å². The zero-order valence-electron chi connectivity index (χ0n) is 13.4. The van der Waals surface area contributed by atoms with Gasteiger partial charge < -0.3 is 10.6 Å². The zero-order chi connectivity index (χ0) is 18.4. The van der Waals surface area contributed by atoms with E-state index in [-0.39, 0.29) is 6.42 Å². The van der Waals surface area contributed by atoms with Crippen LogP contribution in [0.2, 0.25) is 0 Å². The van der Waals surface area contributed by atoms with E-state index in [9.17, 15) is 22.8 Å². The fourth-order valence-electron chi connectivity index (χ4n) is 2.28. The van der Waals surface area contributed by atoms with E-state index in [0.29, 0.717) is 11.3 Å². The molecule has 0 aliphatic carbocycles. The van der Waals surface area contributed by atoms with E-state index in [2.05, 4.69) is 5.32 Å². The molecule has 0 radical (unpaired) electrons. The van der Waals surface area contributed by atoms with Gasteiger partial charge in [-0.1, -0.05) is 48.5 Å². The average molecular weight is 350 g/mol. The number of para-hydroxylation sites is 1. The average Bonchev–Trinajstić information content (AvgIpc) is 2.56. The highest BCUT2D eigenvalue weighted by atomic mass is 19.4. The molecule has 0 aliphatic rings. The van der Waals surface area contributed by atoms with Crippen molar-refractivity contribution < 1.29 is 22.8 Å². The highest BCUT2D eigenvalue weighted by Crippen LogP contribution is 2.22. The molecule has 0 saturated heterocycles. The molecule has 2 aromatic carbocycles. The van der Waals surface area contributed by atoms with Gasteiger partial charge in [0, 0.05) is 5.69 Å². The lowest BCUT2D eigenvalue weighted by molar-refractivity contribution is -0.174. The minimum atomic E-state index is -5.01.